The highest BCUT2D eigenvalue weighted by Crippen LogP contribution is 2.18. The van der Waals surface area contributed by atoms with Crippen molar-refractivity contribution in [3.05, 3.63) is 29.8 Å². The van der Waals surface area contributed by atoms with Gasteiger partial charge in [0, 0.05) is 24.3 Å². The summed E-state index contributed by atoms with van der Waals surface area (Å²) in [5, 5.41) is 17.8. The number of carboxylic acids is 2. The third kappa shape index (κ3) is 5.25. The Labute approximate surface area is 123 Å². The molecule has 1 aromatic rings. The quantitative estimate of drug-likeness (QED) is 0.711. The largest absolute Gasteiger partial charge is 0.481 e. The van der Waals surface area contributed by atoms with E-state index in [-0.39, 0.29) is 25.3 Å². The lowest BCUT2D eigenvalue weighted by Crippen LogP contribution is -2.33. The number of benzene rings is 1. The van der Waals surface area contributed by atoms with Gasteiger partial charge < -0.3 is 15.1 Å². The number of rotatable bonds is 8. The molecule has 114 valence electrons. The monoisotopic (exact) mass is 293 g/mol. The van der Waals surface area contributed by atoms with Gasteiger partial charge in [-0.2, -0.15) is 0 Å². The van der Waals surface area contributed by atoms with Crippen molar-refractivity contribution in [1.29, 1.82) is 0 Å². The lowest BCUT2D eigenvalue weighted by Gasteiger charge is -2.26. The Morgan fingerprint density at radius 3 is 2.14 bits per heavy atom. The van der Waals surface area contributed by atoms with Gasteiger partial charge in [-0.15, -0.1) is 0 Å². The molecule has 1 aromatic carbocycles. The Hall–Kier alpha value is -2.37. The van der Waals surface area contributed by atoms with Crippen LogP contribution in [0.2, 0.25) is 0 Å². The number of anilines is 1. The van der Waals surface area contributed by atoms with E-state index in [2.05, 4.69) is 0 Å². The van der Waals surface area contributed by atoms with Gasteiger partial charge in [-0.3, -0.25) is 14.4 Å². The number of Topliss-reactive ketones (excluding diaryl/α,β-unsaturated/α-hetero) is 1. The molecule has 1 rings (SSSR count). The van der Waals surface area contributed by atoms with Crippen molar-refractivity contribution in [2.45, 2.75) is 20.3 Å². The summed E-state index contributed by atoms with van der Waals surface area (Å²) < 4.78 is 0. The van der Waals surface area contributed by atoms with Crippen LogP contribution in [0.5, 0.6) is 0 Å². The molecule has 0 saturated heterocycles. The molecule has 0 saturated carbocycles. The fourth-order valence-electron chi connectivity index (χ4n) is 1.87. The maximum Gasteiger partial charge on any atom is 0.308 e. The molecule has 2 N–H and O–H groups in total. The zero-order chi connectivity index (χ0) is 16.0. The van der Waals surface area contributed by atoms with Gasteiger partial charge in [0.1, 0.15) is 0 Å². The number of ketones is 1. The van der Waals surface area contributed by atoms with Gasteiger partial charge in [-0.1, -0.05) is 6.92 Å². The van der Waals surface area contributed by atoms with E-state index in [9.17, 15) is 14.4 Å². The van der Waals surface area contributed by atoms with E-state index in [1.54, 1.807) is 36.1 Å². The highest BCUT2D eigenvalue weighted by molar-refractivity contribution is 5.94. The first-order chi connectivity index (χ1) is 9.81. The van der Waals surface area contributed by atoms with Gasteiger partial charge in [0.25, 0.3) is 0 Å². The Kier molecular flexibility index (Phi) is 5.90. The summed E-state index contributed by atoms with van der Waals surface area (Å²) in [5.41, 5.74) is 1.26. The van der Waals surface area contributed by atoms with E-state index in [1.807, 2.05) is 0 Å². The van der Waals surface area contributed by atoms with E-state index in [4.69, 9.17) is 10.2 Å². The number of carbonyl (C=O) groups is 3. The number of hydrogen-bond donors (Lipinski definition) is 2. The first-order valence-corrected chi connectivity index (χ1v) is 6.61. The van der Waals surface area contributed by atoms with Gasteiger partial charge >= 0.3 is 11.9 Å². The summed E-state index contributed by atoms with van der Waals surface area (Å²) in [5.74, 6) is -2.55. The van der Waals surface area contributed by atoms with Crippen LogP contribution in [0.3, 0.4) is 0 Å². The van der Waals surface area contributed by atoms with Crippen molar-refractivity contribution in [3.8, 4) is 0 Å². The van der Waals surface area contributed by atoms with Crippen LogP contribution in [0, 0.1) is 5.92 Å². The second kappa shape index (κ2) is 7.42. The van der Waals surface area contributed by atoms with Gasteiger partial charge in [0.05, 0.1) is 12.3 Å². The normalized spacial score (nSPS) is 11.7. The van der Waals surface area contributed by atoms with Crippen molar-refractivity contribution in [2.24, 2.45) is 5.92 Å². The minimum atomic E-state index is -0.941. The van der Waals surface area contributed by atoms with E-state index in [0.29, 0.717) is 11.3 Å². The molecule has 0 aliphatic rings. The van der Waals surface area contributed by atoms with Crippen LogP contribution < -0.4 is 4.90 Å². The Balaban J connectivity index is 2.90. The standard InChI is InChI=1S/C15H19NO5/c1-10(15(20)21)9-16(8-7-14(18)19)13-5-3-12(4-6-13)11(2)17/h3-6,10H,7-9H2,1-2H3,(H,18,19)(H,20,21). The number of carbonyl (C=O) groups excluding carboxylic acids is 1. The second-order valence-corrected chi connectivity index (χ2v) is 4.93. The second-order valence-electron chi connectivity index (χ2n) is 4.93. The summed E-state index contributed by atoms with van der Waals surface area (Å²) in [6.45, 7) is 3.46. The Morgan fingerprint density at radius 2 is 1.71 bits per heavy atom. The lowest BCUT2D eigenvalue weighted by atomic mass is 10.1. The first kappa shape index (κ1) is 16.7. The molecule has 0 heterocycles. The smallest absolute Gasteiger partial charge is 0.308 e. The van der Waals surface area contributed by atoms with Crippen LogP contribution in [-0.2, 0) is 9.59 Å². The zero-order valence-corrected chi connectivity index (χ0v) is 12.1. The molecule has 0 fully saturated rings. The summed E-state index contributed by atoms with van der Waals surface area (Å²) in [7, 11) is 0. The predicted octanol–water partition coefficient (Wildman–Crippen LogP) is 1.89. The van der Waals surface area contributed by atoms with Crippen LogP contribution in [0.4, 0.5) is 5.69 Å². The van der Waals surface area contributed by atoms with Crippen LogP contribution >= 0.6 is 0 Å². The van der Waals surface area contributed by atoms with Crippen LogP contribution in [-0.4, -0.2) is 41.0 Å². The number of carboxylic acid groups (broad SMARTS) is 2. The Morgan fingerprint density at radius 1 is 1.14 bits per heavy atom. The minimum Gasteiger partial charge on any atom is -0.481 e. The van der Waals surface area contributed by atoms with Crippen molar-refractivity contribution in [3.63, 3.8) is 0 Å². The molecule has 21 heavy (non-hydrogen) atoms. The van der Waals surface area contributed by atoms with Crippen molar-refractivity contribution < 1.29 is 24.6 Å². The molecule has 0 aromatic heterocycles. The number of nitrogens with zero attached hydrogens (tertiary/aromatic N) is 1. The SMILES string of the molecule is CC(=O)c1ccc(N(CCC(=O)O)CC(C)C(=O)O)cc1. The molecule has 1 unspecified atom stereocenters. The maximum atomic E-state index is 11.2. The lowest BCUT2D eigenvalue weighted by molar-refractivity contribution is -0.140. The summed E-state index contributed by atoms with van der Waals surface area (Å²) in [6, 6.07) is 6.70. The first-order valence-electron chi connectivity index (χ1n) is 6.61. The topological polar surface area (TPSA) is 94.9 Å². The Bertz CT molecular complexity index is 523. The summed E-state index contributed by atoms with van der Waals surface area (Å²) in [6.07, 6.45) is -0.0825. The van der Waals surface area contributed by atoms with Crippen LogP contribution in [0.15, 0.2) is 24.3 Å². The van der Waals surface area contributed by atoms with Gasteiger partial charge in [-0.25, -0.2) is 0 Å². The minimum absolute atomic E-state index is 0.0578. The molecule has 0 radical (unpaired) electrons. The van der Waals surface area contributed by atoms with Crippen LogP contribution in [0.1, 0.15) is 30.6 Å². The van der Waals surface area contributed by atoms with Gasteiger partial charge in [0.2, 0.25) is 0 Å². The summed E-state index contributed by atoms with van der Waals surface area (Å²) in [4.78, 5) is 34.6. The average molecular weight is 293 g/mol. The number of hydrogen-bond acceptors (Lipinski definition) is 4. The highest BCUT2D eigenvalue weighted by atomic mass is 16.4. The molecule has 1 atom stereocenters. The van der Waals surface area contributed by atoms with Crippen molar-refractivity contribution >= 4 is 23.4 Å². The molecule has 0 bridgehead atoms. The third-order valence-corrected chi connectivity index (χ3v) is 3.15. The molecule has 0 spiro atoms. The molecule has 0 aliphatic heterocycles. The molecule has 0 amide bonds. The molecule has 6 heteroatoms. The number of aliphatic carboxylic acids is 2. The molecule has 0 aliphatic carbocycles. The average Bonchev–Trinajstić information content (AvgIpc) is 2.42. The van der Waals surface area contributed by atoms with Crippen molar-refractivity contribution in [1.82, 2.24) is 0 Å². The fourth-order valence-corrected chi connectivity index (χ4v) is 1.87. The maximum absolute atomic E-state index is 11.2. The van der Waals surface area contributed by atoms with Crippen molar-refractivity contribution in [2.75, 3.05) is 18.0 Å². The highest BCUT2D eigenvalue weighted by Gasteiger charge is 2.17. The van der Waals surface area contributed by atoms with Gasteiger partial charge in [-0.05, 0) is 31.2 Å². The van der Waals surface area contributed by atoms with E-state index < -0.39 is 17.9 Å². The van der Waals surface area contributed by atoms with E-state index >= 15 is 0 Å². The molecular weight excluding hydrogens is 274 g/mol. The predicted molar refractivity (Wildman–Crippen MR) is 77.7 cm³/mol. The zero-order valence-electron chi connectivity index (χ0n) is 12.1. The summed E-state index contributed by atoms with van der Waals surface area (Å²) >= 11 is 0. The van der Waals surface area contributed by atoms with Gasteiger partial charge in [0.15, 0.2) is 5.78 Å². The third-order valence-electron chi connectivity index (χ3n) is 3.15. The van der Waals surface area contributed by atoms with E-state index in [0.717, 1.165) is 0 Å². The molecular formula is C15H19NO5. The van der Waals surface area contributed by atoms with Crippen LogP contribution in [0.25, 0.3) is 0 Å². The van der Waals surface area contributed by atoms with E-state index in [1.165, 1.54) is 6.92 Å². The fraction of sp³-hybridized carbons (Fsp3) is 0.400. The molecule has 6 nitrogen and oxygen atoms in total.